The van der Waals surface area contributed by atoms with Crippen LogP contribution in [0.4, 0.5) is 0 Å². The van der Waals surface area contributed by atoms with Gasteiger partial charge >= 0.3 is 5.97 Å². The monoisotopic (exact) mass is 956 g/mol. The molecule has 11 heteroatoms. The van der Waals surface area contributed by atoms with Gasteiger partial charge < -0.3 is 45.1 Å². The molecule has 0 aromatic heterocycles. The average Bonchev–Trinajstić information content (AvgIpc) is 3.33. The summed E-state index contributed by atoms with van der Waals surface area (Å²) in [7, 11) is 0. The Labute approximate surface area is 413 Å². The van der Waals surface area contributed by atoms with Crippen LogP contribution in [0.25, 0.3) is 0 Å². The quantitative estimate of drug-likeness (QED) is 0.0149. The fraction of sp³-hybridized carbons (Fsp3) is 0.719. The number of ether oxygens (including phenoxy) is 3. The van der Waals surface area contributed by atoms with Crippen LogP contribution in [0.15, 0.2) is 85.1 Å². The Balaban J connectivity index is 2.82. The second-order valence-electron chi connectivity index (χ2n) is 18.4. The van der Waals surface area contributed by atoms with E-state index in [0.29, 0.717) is 12.8 Å². The van der Waals surface area contributed by atoms with Crippen LogP contribution in [0.5, 0.6) is 0 Å². The SMILES string of the molecule is CC\C=C/C=C/C=C/C=C\C=C\C=C\CCCCC(O)C(=O)NC(COC1OC(CO)C(O)C(O)C1OC(=O)CCCCCCCCCCCCC)C(O)/C=C/CCCCCCCCCCCC. The Morgan fingerprint density at radius 3 is 1.59 bits per heavy atom. The molecule has 6 N–H and O–H groups in total. The highest BCUT2D eigenvalue weighted by Crippen LogP contribution is 2.26. The molecule has 1 aliphatic heterocycles. The first kappa shape index (κ1) is 62.9. The first-order valence-electron chi connectivity index (χ1n) is 26.9. The van der Waals surface area contributed by atoms with Crippen LogP contribution in [0.2, 0.25) is 0 Å². The summed E-state index contributed by atoms with van der Waals surface area (Å²) in [5.74, 6) is -1.25. The van der Waals surface area contributed by atoms with Crippen molar-refractivity contribution in [3.05, 3.63) is 85.1 Å². The molecule has 0 aromatic rings. The van der Waals surface area contributed by atoms with Crippen LogP contribution in [0, 0.1) is 0 Å². The third-order valence-electron chi connectivity index (χ3n) is 12.2. The number of amides is 1. The standard InChI is InChI=1S/C57H97NO10/c1-4-7-10-13-16-19-22-24-25-26-27-30-32-35-38-41-44-50(61)56(65)58-48(49(60)43-40-37-34-31-29-23-20-17-14-11-8-5-2)47-66-57-55(54(64)53(63)51(46-59)67-57)68-52(62)45-42-39-36-33-28-21-18-15-12-9-6-3/h7,10,13,16,19,22,24-27,30,32,40,43,48-51,53-55,57,59-61,63-64H,4-6,8-9,11-12,14-15,17-18,20-21,23,28-29,31,33-39,41-42,44-47H2,1-3H3,(H,58,65)/b10-7-,16-13+,22-19+,25-24-,27-26+,32-30+,43-40+. The van der Waals surface area contributed by atoms with E-state index in [-0.39, 0.29) is 19.4 Å². The molecule has 11 nitrogen and oxygen atoms in total. The Morgan fingerprint density at radius 1 is 0.588 bits per heavy atom. The van der Waals surface area contributed by atoms with Crippen LogP contribution < -0.4 is 5.32 Å². The lowest BCUT2D eigenvalue weighted by atomic mass is 9.99. The van der Waals surface area contributed by atoms with Crippen LogP contribution in [0.3, 0.4) is 0 Å². The summed E-state index contributed by atoms with van der Waals surface area (Å²) in [6, 6.07) is -1.05. The van der Waals surface area contributed by atoms with E-state index in [4.69, 9.17) is 14.2 Å². The number of esters is 1. The molecule has 1 aliphatic rings. The number of carbonyl (C=O) groups is 2. The molecule has 0 aromatic carbocycles. The van der Waals surface area contributed by atoms with Gasteiger partial charge in [0.15, 0.2) is 12.4 Å². The van der Waals surface area contributed by atoms with Crippen LogP contribution in [-0.2, 0) is 23.8 Å². The Kier molecular flexibility index (Phi) is 41.6. The van der Waals surface area contributed by atoms with E-state index < -0.39 is 67.4 Å². The molecule has 1 rings (SSSR count). The number of allylic oxidation sites excluding steroid dienone is 13. The highest BCUT2D eigenvalue weighted by Gasteiger charge is 2.47. The van der Waals surface area contributed by atoms with Crippen molar-refractivity contribution in [3.8, 4) is 0 Å². The van der Waals surface area contributed by atoms with Crippen LogP contribution in [0.1, 0.15) is 201 Å². The lowest BCUT2D eigenvalue weighted by molar-refractivity contribution is -0.305. The van der Waals surface area contributed by atoms with Gasteiger partial charge in [0.2, 0.25) is 5.91 Å². The molecule has 1 heterocycles. The number of hydrogen-bond acceptors (Lipinski definition) is 10. The summed E-state index contributed by atoms with van der Waals surface area (Å²) < 4.78 is 17.5. The highest BCUT2D eigenvalue weighted by molar-refractivity contribution is 5.80. The zero-order valence-electron chi connectivity index (χ0n) is 42.7. The van der Waals surface area contributed by atoms with Gasteiger partial charge in [-0.05, 0) is 44.9 Å². The van der Waals surface area contributed by atoms with E-state index in [1.54, 1.807) is 6.08 Å². The molecule has 0 radical (unpaired) electrons. The lowest BCUT2D eigenvalue weighted by Crippen LogP contribution is -2.61. The molecular formula is C57H97NO10. The highest BCUT2D eigenvalue weighted by atomic mass is 16.7. The summed E-state index contributed by atoms with van der Waals surface area (Å²) in [5, 5.41) is 56.6. The maximum absolute atomic E-state index is 13.3. The number of rotatable bonds is 43. The zero-order valence-corrected chi connectivity index (χ0v) is 42.7. The number of unbranched alkanes of at least 4 members (excludes halogenated alkanes) is 22. The average molecular weight is 956 g/mol. The van der Waals surface area contributed by atoms with Crippen molar-refractivity contribution >= 4 is 11.9 Å². The first-order valence-corrected chi connectivity index (χ1v) is 26.9. The summed E-state index contributed by atoms with van der Waals surface area (Å²) in [5.41, 5.74) is 0. The smallest absolute Gasteiger partial charge is 0.306 e. The maximum Gasteiger partial charge on any atom is 0.306 e. The van der Waals surface area contributed by atoms with Gasteiger partial charge in [-0.3, -0.25) is 9.59 Å². The molecule has 0 saturated carbocycles. The van der Waals surface area contributed by atoms with Gasteiger partial charge in [0.05, 0.1) is 25.4 Å². The molecule has 68 heavy (non-hydrogen) atoms. The predicted octanol–water partition coefficient (Wildman–Crippen LogP) is 11.4. The molecule has 8 atom stereocenters. The van der Waals surface area contributed by atoms with E-state index in [0.717, 1.165) is 64.2 Å². The summed E-state index contributed by atoms with van der Waals surface area (Å²) in [6.07, 6.45) is 46.3. The van der Waals surface area contributed by atoms with Crippen molar-refractivity contribution in [2.45, 2.75) is 250 Å². The molecule has 8 unspecified atom stereocenters. The van der Waals surface area contributed by atoms with Gasteiger partial charge in [-0.1, -0.05) is 234 Å². The number of aliphatic hydroxyl groups is 5. The van der Waals surface area contributed by atoms with Gasteiger partial charge in [0.1, 0.15) is 24.4 Å². The summed E-state index contributed by atoms with van der Waals surface area (Å²) >= 11 is 0. The molecule has 1 fully saturated rings. The summed E-state index contributed by atoms with van der Waals surface area (Å²) in [4.78, 5) is 26.3. The van der Waals surface area contributed by atoms with Crippen molar-refractivity contribution in [2.24, 2.45) is 0 Å². The molecule has 1 amide bonds. The van der Waals surface area contributed by atoms with E-state index in [2.05, 4.69) is 32.2 Å². The van der Waals surface area contributed by atoms with Crippen molar-refractivity contribution in [3.63, 3.8) is 0 Å². The Hall–Kier alpha value is -3.16. The minimum absolute atomic E-state index is 0.116. The molecule has 390 valence electrons. The second kappa shape index (κ2) is 45.0. The molecular weight excluding hydrogens is 859 g/mol. The van der Waals surface area contributed by atoms with Crippen molar-refractivity contribution in [1.29, 1.82) is 0 Å². The van der Waals surface area contributed by atoms with Gasteiger partial charge in [-0.25, -0.2) is 0 Å². The van der Waals surface area contributed by atoms with Crippen LogP contribution in [-0.4, -0.2) is 99.6 Å². The fourth-order valence-corrected chi connectivity index (χ4v) is 7.92. The summed E-state index contributed by atoms with van der Waals surface area (Å²) in [6.45, 7) is 5.57. The number of carbonyl (C=O) groups excluding carboxylic acids is 2. The van der Waals surface area contributed by atoms with Crippen LogP contribution >= 0.6 is 0 Å². The minimum atomic E-state index is -1.62. The van der Waals surface area contributed by atoms with Gasteiger partial charge in [-0.15, -0.1) is 0 Å². The van der Waals surface area contributed by atoms with Gasteiger partial charge in [0, 0.05) is 6.42 Å². The van der Waals surface area contributed by atoms with Gasteiger partial charge in [-0.2, -0.15) is 0 Å². The third-order valence-corrected chi connectivity index (χ3v) is 12.2. The van der Waals surface area contributed by atoms with Gasteiger partial charge in [0.25, 0.3) is 0 Å². The van der Waals surface area contributed by atoms with Crippen molar-refractivity contribution in [1.82, 2.24) is 5.32 Å². The Bertz CT molecular complexity index is 1420. The lowest BCUT2D eigenvalue weighted by Gasteiger charge is -2.41. The number of hydrogen-bond donors (Lipinski definition) is 6. The first-order chi connectivity index (χ1) is 33.2. The van der Waals surface area contributed by atoms with E-state index >= 15 is 0 Å². The molecule has 0 spiro atoms. The zero-order chi connectivity index (χ0) is 49.7. The number of aliphatic hydroxyl groups excluding tert-OH is 5. The topological polar surface area (TPSA) is 175 Å². The van der Waals surface area contributed by atoms with Crippen molar-refractivity contribution < 1.29 is 49.3 Å². The number of nitrogens with one attached hydrogen (secondary N) is 1. The van der Waals surface area contributed by atoms with Crippen molar-refractivity contribution in [2.75, 3.05) is 13.2 Å². The molecule has 1 saturated heterocycles. The Morgan fingerprint density at radius 2 is 1.06 bits per heavy atom. The maximum atomic E-state index is 13.3. The third kappa shape index (κ3) is 33.4. The normalized spacial score (nSPS) is 20.6. The second-order valence-corrected chi connectivity index (χ2v) is 18.4. The minimum Gasteiger partial charge on any atom is -0.454 e. The fourth-order valence-electron chi connectivity index (χ4n) is 7.92. The van der Waals surface area contributed by atoms with E-state index in [1.807, 2.05) is 72.9 Å². The molecule has 0 bridgehead atoms. The predicted molar refractivity (Wildman–Crippen MR) is 278 cm³/mol. The largest absolute Gasteiger partial charge is 0.454 e. The molecule has 0 aliphatic carbocycles. The van der Waals surface area contributed by atoms with E-state index in [1.165, 1.54) is 89.9 Å². The van der Waals surface area contributed by atoms with E-state index in [9.17, 15) is 35.1 Å².